The zero-order chi connectivity index (χ0) is 14.2. The second-order valence-corrected chi connectivity index (χ2v) is 5.24. The lowest BCUT2D eigenvalue weighted by Crippen LogP contribution is -2.35. The molecule has 0 amide bonds. The summed E-state index contributed by atoms with van der Waals surface area (Å²) in [5.74, 6) is 0.940. The molecular weight excluding hydrogens is 242 g/mol. The standard InChI is InChI=1S/C15H19NO3/c1-9(2)15(4)14(17)19-13(16-15)11-7-6-8-12(18-5)10(11)3/h6-9H,1-5H3. The van der Waals surface area contributed by atoms with Gasteiger partial charge in [0.15, 0.2) is 5.54 Å². The maximum atomic E-state index is 12.0. The smallest absolute Gasteiger partial charge is 0.340 e. The molecular formula is C15H19NO3. The lowest BCUT2D eigenvalue weighted by atomic mass is 9.90. The summed E-state index contributed by atoms with van der Waals surface area (Å²) in [4.78, 5) is 16.5. The van der Waals surface area contributed by atoms with Crippen LogP contribution < -0.4 is 4.74 Å². The van der Waals surface area contributed by atoms with E-state index in [-0.39, 0.29) is 11.9 Å². The van der Waals surface area contributed by atoms with Crippen molar-refractivity contribution in [1.82, 2.24) is 0 Å². The van der Waals surface area contributed by atoms with Crippen molar-refractivity contribution in [1.29, 1.82) is 0 Å². The highest BCUT2D eigenvalue weighted by Crippen LogP contribution is 2.32. The van der Waals surface area contributed by atoms with Crippen molar-refractivity contribution in [2.24, 2.45) is 10.9 Å². The molecule has 1 aliphatic rings. The molecule has 0 fully saturated rings. The molecule has 2 rings (SSSR count). The van der Waals surface area contributed by atoms with Gasteiger partial charge in [0.25, 0.3) is 0 Å². The summed E-state index contributed by atoms with van der Waals surface area (Å²) >= 11 is 0. The van der Waals surface area contributed by atoms with Crippen LogP contribution in [0.25, 0.3) is 0 Å². The minimum atomic E-state index is -0.801. The average Bonchev–Trinajstić information content (AvgIpc) is 2.67. The number of aliphatic imine (C=N–C) groups is 1. The summed E-state index contributed by atoms with van der Waals surface area (Å²) in [6, 6.07) is 5.62. The van der Waals surface area contributed by atoms with Crippen molar-refractivity contribution in [2.45, 2.75) is 33.2 Å². The van der Waals surface area contributed by atoms with Gasteiger partial charge in [-0.05, 0) is 31.9 Å². The second kappa shape index (κ2) is 4.68. The number of carbonyl (C=O) groups excluding carboxylic acids is 1. The first kappa shape index (κ1) is 13.6. The van der Waals surface area contributed by atoms with E-state index in [1.165, 1.54) is 0 Å². The SMILES string of the molecule is COc1cccc(C2=NC(C)(C(C)C)C(=O)O2)c1C. The van der Waals surface area contributed by atoms with Crippen LogP contribution in [0.3, 0.4) is 0 Å². The van der Waals surface area contributed by atoms with E-state index in [9.17, 15) is 4.79 Å². The Morgan fingerprint density at radius 2 is 2.05 bits per heavy atom. The third-order valence-corrected chi connectivity index (χ3v) is 3.80. The zero-order valence-corrected chi connectivity index (χ0v) is 12.0. The van der Waals surface area contributed by atoms with E-state index < -0.39 is 5.54 Å². The van der Waals surface area contributed by atoms with Gasteiger partial charge in [-0.3, -0.25) is 0 Å². The fourth-order valence-corrected chi connectivity index (χ4v) is 2.02. The molecule has 0 aliphatic carbocycles. The molecule has 1 aliphatic heterocycles. The maximum Gasteiger partial charge on any atom is 0.340 e. The topological polar surface area (TPSA) is 47.9 Å². The minimum Gasteiger partial charge on any atom is -0.496 e. The van der Waals surface area contributed by atoms with E-state index in [1.807, 2.05) is 45.9 Å². The summed E-state index contributed by atoms with van der Waals surface area (Å²) in [5.41, 5.74) is 0.923. The molecule has 1 heterocycles. The molecule has 102 valence electrons. The fourth-order valence-electron chi connectivity index (χ4n) is 2.02. The van der Waals surface area contributed by atoms with E-state index in [4.69, 9.17) is 9.47 Å². The number of cyclic esters (lactones) is 1. The minimum absolute atomic E-state index is 0.0865. The van der Waals surface area contributed by atoms with Crippen LogP contribution in [0.4, 0.5) is 0 Å². The molecule has 0 saturated carbocycles. The highest BCUT2D eigenvalue weighted by atomic mass is 16.6. The number of esters is 1. The van der Waals surface area contributed by atoms with E-state index in [0.717, 1.165) is 16.9 Å². The van der Waals surface area contributed by atoms with Crippen LogP contribution in [0.5, 0.6) is 5.75 Å². The summed E-state index contributed by atoms with van der Waals surface area (Å²) in [7, 11) is 1.62. The number of carbonyl (C=O) groups is 1. The largest absolute Gasteiger partial charge is 0.496 e. The van der Waals surface area contributed by atoms with E-state index in [0.29, 0.717) is 5.90 Å². The molecule has 4 nitrogen and oxygen atoms in total. The fraction of sp³-hybridized carbons (Fsp3) is 0.467. The molecule has 1 unspecified atom stereocenters. The Morgan fingerprint density at radius 1 is 1.37 bits per heavy atom. The summed E-state index contributed by atoms with van der Waals surface area (Å²) < 4.78 is 10.6. The average molecular weight is 261 g/mol. The Balaban J connectivity index is 2.48. The van der Waals surface area contributed by atoms with Crippen LogP contribution >= 0.6 is 0 Å². The third-order valence-electron chi connectivity index (χ3n) is 3.80. The molecule has 19 heavy (non-hydrogen) atoms. The van der Waals surface area contributed by atoms with Crippen molar-refractivity contribution in [3.63, 3.8) is 0 Å². The van der Waals surface area contributed by atoms with Gasteiger partial charge in [0.1, 0.15) is 5.75 Å². The first-order valence-electron chi connectivity index (χ1n) is 6.36. The molecule has 0 N–H and O–H groups in total. The molecule has 1 aromatic rings. The third kappa shape index (κ3) is 2.11. The molecule has 0 aromatic heterocycles. The Bertz CT molecular complexity index is 548. The van der Waals surface area contributed by atoms with Crippen LogP contribution in [-0.4, -0.2) is 24.5 Å². The molecule has 0 bridgehead atoms. The molecule has 0 radical (unpaired) electrons. The van der Waals surface area contributed by atoms with Gasteiger partial charge in [0, 0.05) is 11.1 Å². The summed E-state index contributed by atoms with van der Waals surface area (Å²) in [6.07, 6.45) is 0. The predicted molar refractivity (Wildman–Crippen MR) is 73.6 cm³/mol. The number of rotatable bonds is 3. The molecule has 0 spiro atoms. The molecule has 1 atom stereocenters. The number of hydrogen-bond donors (Lipinski definition) is 0. The van der Waals surface area contributed by atoms with E-state index >= 15 is 0 Å². The normalized spacial score (nSPS) is 22.4. The van der Waals surface area contributed by atoms with Gasteiger partial charge >= 0.3 is 5.97 Å². The zero-order valence-electron chi connectivity index (χ0n) is 12.0. The Kier molecular flexibility index (Phi) is 3.35. The van der Waals surface area contributed by atoms with Crippen LogP contribution in [0.15, 0.2) is 23.2 Å². The van der Waals surface area contributed by atoms with Crippen LogP contribution in [0.1, 0.15) is 31.9 Å². The molecule has 4 heteroatoms. The summed E-state index contributed by atoms with van der Waals surface area (Å²) in [6.45, 7) is 7.66. The summed E-state index contributed by atoms with van der Waals surface area (Å²) in [5, 5.41) is 0. The lowest BCUT2D eigenvalue weighted by molar-refractivity contribution is -0.139. The van der Waals surface area contributed by atoms with Gasteiger partial charge in [-0.25, -0.2) is 9.79 Å². The maximum absolute atomic E-state index is 12.0. The monoisotopic (exact) mass is 261 g/mol. The first-order chi connectivity index (χ1) is 8.90. The number of nitrogens with zero attached hydrogens (tertiary/aromatic N) is 1. The van der Waals surface area contributed by atoms with Crippen LogP contribution in [0.2, 0.25) is 0 Å². The van der Waals surface area contributed by atoms with E-state index in [1.54, 1.807) is 7.11 Å². The Morgan fingerprint density at radius 3 is 2.58 bits per heavy atom. The number of benzene rings is 1. The highest BCUT2D eigenvalue weighted by Gasteiger charge is 2.44. The van der Waals surface area contributed by atoms with Crippen molar-refractivity contribution in [2.75, 3.05) is 7.11 Å². The molecule has 0 saturated heterocycles. The van der Waals surface area contributed by atoms with Crippen molar-refractivity contribution < 1.29 is 14.3 Å². The van der Waals surface area contributed by atoms with Crippen molar-refractivity contribution in [3.8, 4) is 5.75 Å². The number of methoxy groups -OCH3 is 1. The number of ether oxygens (including phenoxy) is 2. The number of hydrogen-bond acceptors (Lipinski definition) is 4. The highest BCUT2D eigenvalue weighted by molar-refractivity contribution is 6.08. The predicted octanol–water partition coefficient (Wildman–Crippen LogP) is 2.72. The lowest BCUT2D eigenvalue weighted by Gasteiger charge is -2.19. The molecule has 1 aromatic carbocycles. The van der Waals surface area contributed by atoms with Crippen molar-refractivity contribution in [3.05, 3.63) is 29.3 Å². The van der Waals surface area contributed by atoms with Crippen LogP contribution in [0, 0.1) is 12.8 Å². The Hall–Kier alpha value is -1.84. The van der Waals surface area contributed by atoms with Gasteiger partial charge in [0.05, 0.1) is 7.11 Å². The Labute approximate surface area is 113 Å². The first-order valence-corrected chi connectivity index (χ1v) is 6.36. The van der Waals surface area contributed by atoms with Gasteiger partial charge in [0.2, 0.25) is 5.90 Å². The van der Waals surface area contributed by atoms with Gasteiger partial charge in [-0.1, -0.05) is 19.9 Å². The van der Waals surface area contributed by atoms with Gasteiger partial charge < -0.3 is 9.47 Å². The van der Waals surface area contributed by atoms with Gasteiger partial charge in [-0.2, -0.15) is 0 Å². The van der Waals surface area contributed by atoms with Crippen molar-refractivity contribution >= 4 is 11.9 Å². The second-order valence-electron chi connectivity index (χ2n) is 5.24. The quantitative estimate of drug-likeness (QED) is 0.786. The van der Waals surface area contributed by atoms with Gasteiger partial charge in [-0.15, -0.1) is 0 Å². The van der Waals surface area contributed by atoms with E-state index in [2.05, 4.69) is 4.99 Å². The van der Waals surface area contributed by atoms with Crippen LogP contribution in [-0.2, 0) is 9.53 Å².